The monoisotopic (exact) mass is 236 g/mol. The minimum atomic E-state index is -0.478. The average molecular weight is 236 g/mol. The van der Waals surface area contributed by atoms with E-state index in [9.17, 15) is 10.1 Å². The molecule has 0 aliphatic heterocycles. The second-order valence-corrected chi connectivity index (χ2v) is 3.71. The Bertz CT molecular complexity index is 576. The lowest BCUT2D eigenvalue weighted by molar-refractivity contribution is -0.384. The van der Waals surface area contributed by atoms with Gasteiger partial charge in [-0.2, -0.15) is 4.79 Å². The second kappa shape index (κ2) is 3.93. The SMILES string of the molecule is COc1ccc2cn(N(C)C)nc2c1[N+](=O)[O-]. The van der Waals surface area contributed by atoms with Crippen molar-refractivity contribution in [1.29, 1.82) is 0 Å². The van der Waals surface area contributed by atoms with Gasteiger partial charge in [-0.3, -0.25) is 10.1 Å². The number of benzene rings is 1. The van der Waals surface area contributed by atoms with Gasteiger partial charge in [0.1, 0.15) is 0 Å². The summed E-state index contributed by atoms with van der Waals surface area (Å²) in [4.78, 5) is 12.1. The van der Waals surface area contributed by atoms with Crippen LogP contribution in [0.25, 0.3) is 10.9 Å². The Balaban J connectivity index is 2.75. The van der Waals surface area contributed by atoms with Crippen molar-refractivity contribution in [3.63, 3.8) is 0 Å². The van der Waals surface area contributed by atoms with Crippen LogP contribution >= 0.6 is 0 Å². The topological polar surface area (TPSA) is 73.4 Å². The summed E-state index contributed by atoms with van der Waals surface area (Å²) >= 11 is 0. The van der Waals surface area contributed by atoms with E-state index >= 15 is 0 Å². The maximum atomic E-state index is 11.0. The molecular formula is C10H12N4O3. The highest BCUT2D eigenvalue weighted by molar-refractivity contribution is 5.89. The van der Waals surface area contributed by atoms with Crippen LogP contribution in [-0.2, 0) is 0 Å². The van der Waals surface area contributed by atoms with E-state index in [4.69, 9.17) is 4.74 Å². The lowest BCUT2D eigenvalue weighted by Gasteiger charge is -2.10. The van der Waals surface area contributed by atoms with Crippen LogP contribution in [0.5, 0.6) is 5.75 Å². The predicted octanol–water partition coefficient (Wildman–Crippen LogP) is 1.15. The van der Waals surface area contributed by atoms with Gasteiger partial charge < -0.3 is 9.75 Å². The Labute approximate surface area is 97.3 Å². The summed E-state index contributed by atoms with van der Waals surface area (Å²) < 4.78 is 4.98. The molecule has 0 N–H and O–H groups in total. The second-order valence-electron chi connectivity index (χ2n) is 3.71. The summed E-state index contributed by atoms with van der Waals surface area (Å²) in [6, 6.07) is 3.32. The van der Waals surface area contributed by atoms with Gasteiger partial charge in [-0.15, -0.1) is 5.10 Å². The van der Waals surface area contributed by atoms with Crippen molar-refractivity contribution in [2.75, 3.05) is 26.2 Å². The fourth-order valence-corrected chi connectivity index (χ4v) is 1.59. The highest BCUT2D eigenvalue weighted by Crippen LogP contribution is 2.33. The van der Waals surface area contributed by atoms with Crippen LogP contribution in [0.2, 0.25) is 0 Å². The third-order valence-electron chi connectivity index (χ3n) is 2.41. The number of aromatic nitrogens is 2. The first-order chi connectivity index (χ1) is 8.04. The third kappa shape index (κ3) is 1.75. The molecule has 1 aromatic carbocycles. The van der Waals surface area contributed by atoms with Crippen LogP contribution in [-0.4, -0.2) is 36.0 Å². The van der Waals surface area contributed by atoms with Gasteiger partial charge in [0.25, 0.3) is 0 Å². The lowest BCUT2D eigenvalue weighted by Crippen LogP contribution is -2.24. The molecule has 2 aromatic rings. The Morgan fingerprint density at radius 2 is 2.18 bits per heavy atom. The molecule has 7 nitrogen and oxygen atoms in total. The summed E-state index contributed by atoms with van der Waals surface area (Å²) in [5.41, 5.74) is 0.216. The zero-order chi connectivity index (χ0) is 12.6. The van der Waals surface area contributed by atoms with Gasteiger partial charge in [0.05, 0.1) is 18.2 Å². The van der Waals surface area contributed by atoms with E-state index < -0.39 is 4.92 Å². The van der Waals surface area contributed by atoms with Crippen LogP contribution in [0.3, 0.4) is 0 Å². The molecule has 90 valence electrons. The molecule has 0 saturated carbocycles. The Morgan fingerprint density at radius 3 is 2.71 bits per heavy atom. The van der Waals surface area contributed by atoms with Crippen LogP contribution in [0, 0.1) is 10.1 Å². The summed E-state index contributed by atoms with van der Waals surface area (Å²) in [5, 5.41) is 17.6. The molecular weight excluding hydrogens is 224 g/mol. The van der Waals surface area contributed by atoms with E-state index in [1.54, 1.807) is 37.4 Å². The van der Waals surface area contributed by atoms with E-state index in [0.29, 0.717) is 10.9 Å². The number of rotatable bonds is 3. The molecule has 1 aromatic heterocycles. The molecule has 0 aliphatic rings. The van der Waals surface area contributed by atoms with Crippen LogP contribution < -0.4 is 9.75 Å². The quantitative estimate of drug-likeness (QED) is 0.590. The largest absolute Gasteiger partial charge is 0.490 e. The van der Waals surface area contributed by atoms with E-state index in [1.807, 2.05) is 0 Å². The smallest absolute Gasteiger partial charge is 0.338 e. The lowest BCUT2D eigenvalue weighted by atomic mass is 10.2. The molecule has 0 bridgehead atoms. The van der Waals surface area contributed by atoms with Gasteiger partial charge in [-0.25, -0.2) is 0 Å². The number of nitrogens with zero attached hydrogens (tertiary/aromatic N) is 4. The van der Waals surface area contributed by atoms with Gasteiger partial charge in [-0.05, 0) is 12.1 Å². The van der Waals surface area contributed by atoms with Crippen molar-refractivity contribution in [2.45, 2.75) is 0 Å². The first kappa shape index (κ1) is 11.2. The fourth-order valence-electron chi connectivity index (χ4n) is 1.59. The molecule has 1 heterocycles. The molecule has 0 aliphatic carbocycles. The first-order valence-corrected chi connectivity index (χ1v) is 4.93. The predicted molar refractivity (Wildman–Crippen MR) is 63.0 cm³/mol. The first-order valence-electron chi connectivity index (χ1n) is 4.93. The van der Waals surface area contributed by atoms with Crippen LogP contribution in [0.15, 0.2) is 18.3 Å². The van der Waals surface area contributed by atoms with E-state index in [0.717, 1.165) is 0 Å². The molecule has 0 fully saturated rings. The average Bonchev–Trinajstić information content (AvgIpc) is 2.70. The van der Waals surface area contributed by atoms with E-state index in [2.05, 4.69) is 5.10 Å². The zero-order valence-corrected chi connectivity index (χ0v) is 9.75. The summed E-state index contributed by atoms with van der Waals surface area (Å²) in [6.45, 7) is 0. The highest BCUT2D eigenvalue weighted by Gasteiger charge is 2.22. The maximum absolute atomic E-state index is 11.0. The number of hydrogen-bond donors (Lipinski definition) is 0. The van der Waals surface area contributed by atoms with Crippen molar-refractivity contribution in [3.8, 4) is 5.75 Å². The Morgan fingerprint density at radius 1 is 1.47 bits per heavy atom. The van der Waals surface area contributed by atoms with Crippen molar-refractivity contribution >= 4 is 16.6 Å². The Kier molecular flexibility index (Phi) is 2.58. The number of nitro groups is 1. The molecule has 0 amide bonds. The van der Waals surface area contributed by atoms with Gasteiger partial charge >= 0.3 is 5.69 Å². The van der Waals surface area contributed by atoms with Gasteiger partial charge in [0.2, 0.25) is 0 Å². The molecule has 2 rings (SSSR count). The zero-order valence-electron chi connectivity index (χ0n) is 9.75. The van der Waals surface area contributed by atoms with Gasteiger partial charge in [0.15, 0.2) is 11.3 Å². The fraction of sp³-hybridized carbons (Fsp3) is 0.300. The number of hydrogen-bond acceptors (Lipinski definition) is 5. The number of methoxy groups -OCH3 is 1. The van der Waals surface area contributed by atoms with Crippen LogP contribution in [0.4, 0.5) is 5.69 Å². The molecule has 7 heteroatoms. The van der Waals surface area contributed by atoms with Crippen molar-refractivity contribution < 1.29 is 9.66 Å². The van der Waals surface area contributed by atoms with E-state index in [1.165, 1.54) is 11.9 Å². The number of ether oxygens (including phenoxy) is 1. The molecule has 0 radical (unpaired) electrons. The van der Waals surface area contributed by atoms with Crippen molar-refractivity contribution in [2.24, 2.45) is 0 Å². The Hall–Kier alpha value is -2.31. The molecule has 0 unspecified atom stereocenters. The minimum Gasteiger partial charge on any atom is -0.490 e. The summed E-state index contributed by atoms with van der Waals surface area (Å²) in [6.07, 6.45) is 1.72. The number of nitro benzene ring substituents is 1. The normalized spacial score (nSPS) is 10.5. The number of fused-ring (bicyclic) bond motifs is 1. The molecule has 17 heavy (non-hydrogen) atoms. The molecule has 0 saturated heterocycles. The summed E-state index contributed by atoms with van der Waals surface area (Å²) in [7, 11) is 5.00. The highest BCUT2D eigenvalue weighted by atomic mass is 16.6. The van der Waals surface area contributed by atoms with Crippen molar-refractivity contribution in [3.05, 3.63) is 28.4 Å². The van der Waals surface area contributed by atoms with Crippen molar-refractivity contribution in [1.82, 2.24) is 9.89 Å². The third-order valence-corrected chi connectivity index (χ3v) is 2.41. The molecule has 0 atom stereocenters. The van der Waals surface area contributed by atoms with E-state index in [-0.39, 0.29) is 11.4 Å². The van der Waals surface area contributed by atoms with Gasteiger partial charge in [0, 0.05) is 19.5 Å². The standard InChI is InChI=1S/C10H12N4O3/c1-12(2)13-6-7-4-5-8(17-3)10(14(15)16)9(7)11-13/h4-6H,1-3H3. The van der Waals surface area contributed by atoms with Gasteiger partial charge in [-0.1, -0.05) is 0 Å². The summed E-state index contributed by atoms with van der Waals surface area (Å²) in [5.74, 6) is 0.214. The van der Waals surface area contributed by atoms with Crippen LogP contribution in [0.1, 0.15) is 0 Å². The molecule has 0 spiro atoms. The maximum Gasteiger partial charge on any atom is 0.338 e. The minimum absolute atomic E-state index is 0.106.